The Balaban J connectivity index is 2.09. The van der Waals surface area contributed by atoms with E-state index in [9.17, 15) is 0 Å². The van der Waals surface area contributed by atoms with Crippen molar-refractivity contribution in [3.8, 4) is 12.3 Å². The zero-order valence-electron chi connectivity index (χ0n) is 6.01. The summed E-state index contributed by atoms with van der Waals surface area (Å²) >= 11 is 0. The topological polar surface area (TPSA) is 18.5 Å². The van der Waals surface area contributed by atoms with Crippen LogP contribution in [0.15, 0.2) is 0 Å². The zero-order valence-corrected chi connectivity index (χ0v) is 6.01. The van der Waals surface area contributed by atoms with Crippen molar-refractivity contribution in [3.05, 3.63) is 0 Å². The highest BCUT2D eigenvalue weighted by molar-refractivity contribution is 4.83. The lowest BCUT2D eigenvalue weighted by molar-refractivity contribution is -0.154. The molecule has 2 heteroatoms. The van der Waals surface area contributed by atoms with Crippen LogP contribution in [0.2, 0.25) is 0 Å². The molecule has 0 aromatic carbocycles. The van der Waals surface area contributed by atoms with Crippen LogP contribution in [0.4, 0.5) is 0 Å². The van der Waals surface area contributed by atoms with Gasteiger partial charge in [0.1, 0.15) is 6.61 Å². The molecule has 56 valence electrons. The molecule has 1 aliphatic rings. The summed E-state index contributed by atoms with van der Waals surface area (Å²) in [6.45, 7) is 1.18. The molecule has 0 saturated carbocycles. The molecule has 0 N–H and O–H groups in total. The molecule has 1 rings (SSSR count). The average molecular weight is 140 g/mol. The highest BCUT2D eigenvalue weighted by Crippen LogP contribution is 2.12. The largest absolute Gasteiger partial charge is 0.353 e. The first-order valence-corrected chi connectivity index (χ1v) is 3.60. The molecule has 1 heterocycles. The van der Waals surface area contributed by atoms with Crippen LogP contribution in [0, 0.1) is 12.3 Å². The predicted octanol–water partition coefficient (Wildman–Crippen LogP) is 1.16. The second-order valence-corrected chi connectivity index (χ2v) is 2.31. The average Bonchev–Trinajstić information content (AvgIpc) is 2.03. The second-order valence-electron chi connectivity index (χ2n) is 2.31. The van der Waals surface area contributed by atoms with Gasteiger partial charge >= 0.3 is 0 Å². The van der Waals surface area contributed by atoms with E-state index < -0.39 is 0 Å². The van der Waals surface area contributed by atoms with Gasteiger partial charge in [-0.25, -0.2) is 0 Å². The third-order valence-electron chi connectivity index (χ3n) is 1.49. The van der Waals surface area contributed by atoms with E-state index in [0.717, 1.165) is 19.4 Å². The van der Waals surface area contributed by atoms with Crippen molar-refractivity contribution in [1.82, 2.24) is 0 Å². The Morgan fingerprint density at radius 3 is 3.10 bits per heavy atom. The van der Waals surface area contributed by atoms with Crippen LogP contribution < -0.4 is 0 Å². The van der Waals surface area contributed by atoms with E-state index in [4.69, 9.17) is 15.9 Å². The summed E-state index contributed by atoms with van der Waals surface area (Å²) in [6, 6.07) is 0. The Bertz CT molecular complexity index is 120. The minimum Gasteiger partial charge on any atom is -0.353 e. The van der Waals surface area contributed by atoms with Crippen molar-refractivity contribution in [2.45, 2.75) is 25.6 Å². The predicted molar refractivity (Wildman–Crippen MR) is 38.4 cm³/mol. The van der Waals surface area contributed by atoms with E-state index in [1.165, 1.54) is 6.42 Å². The summed E-state index contributed by atoms with van der Waals surface area (Å²) in [4.78, 5) is 0. The van der Waals surface area contributed by atoms with Crippen LogP contribution in [0.3, 0.4) is 0 Å². The van der Waals surface area contributed by atoms with Gasteiger partial charge < -0.3 is 9.47 Å². The molecule has 1 atom stereocenters. The fourth-order valence-electron chi connectivity index (χ4n) is 0.984. The van der Waals surface area contributed by atoms with Gasteiger partial charge in [0.15, 0.2) is 6.29 Å². The fourth-order valence-corrected chi connectivity index (χ4v) is 0.984. The second kappa shape index (κ2) is 4.32. The van der Waals surface area contributed by atoms with Gasteiger partial charge in [0, 0.05) is 6.61 Å². The lowest BCUT2D eigenvalue weighted by Gasteiger charge is -2.21. The lowest BCUT2D eigenvalue weighted by Crippen LogP contribution is -2.22. The molecule has 0 amide bonds. The monoisotopic (exact) mass is 140 g/mol. The third kappa shape index (κ3) is 2.38. The molecule has 0 aromatic heterocycles. The third-order valence-corrected chi connectivity index (χ3v) is 1.49. The molecule has 0 spiro atoms. The molecular weight excluding hydrogens is 128 g/mol. The van der Waals surface area contributed by atoms with Crippen LogP contribution in [0.25, 0.3) is 0 Å². The SMILES string of the molecule is C#CCO[C@H]1CCCCO1. The molecule has 0 bridgehead atoms. The smallest absolute Gasteiger partial charge is 0.158 e. The van der Waals surface area contributed by atoms with Gasteiger partial charge in [-0.2, -0.15) is 0 Å². The first-order valence-electron chi connectivity index (χ1n) is 3.60. The fraction of sp³-hybridized carbons (Fsp3) is 0.750. The van der Waals surface area contributed by atoms with E-state index in [2.05, 4.69) is 5.92 Å². The molecular formula is C8H12O2. The van der Waals surface area contributed by atoms with E-state index in [1.54, 1.807) is 0 Å². The van der Waals surface area contributed by atoms with Gasteiger partial charge in [0.05, 0.1) is 0 Å². The van der Waals surface area contributed by atoms with Crippen molar-refractivity contribution in [2.75, 3.05) is 13.2 Å². The highest BCUT2D eigenvalue weighted by Gasteiger charge is 2.12. The van der Waals surface area contributed by atoms with Crippen LogP contribution in [-0.2, 0) is 9.47 Å². The summed E-state index contributed by atoms with van der Waals surface area (Å²) in [7, 11) is 0. The van der Waals surface area contributed by atoms with Gasteiger partial charge in [-0.3, -0.25) is 0 Å². The number of terminal acetylenes is 1. The van der Waals surface area contributed by atoms with Crippen LogP contribution >= 0.6 is 0 Å². The van der Waals surface area contributed by atoms with Crippen molar-refractivity contribution >= 4 is 0 Å². The summed E-state index contributed by atoms with van der Waals surface area (Å²) in [6.07, 6.45) is 8.30. The molecule has 0 aromatic rings. The Morgan fingerprint density at radius 2 is 2.50 bits per heavy atom. The number of hydrogen-bond acceptors (Lipinski definition) is 2. The van der Waals surface area contributed by atoms with E-state index >= 15 is 0 Å². The quantitative estimate of drug-likeness (QED) is 0.536. The highest BCUT2D eigenvalue weighted by atomic mass is 16.7. The van der Waals surface area contributed by atoms with Crippen molar-refractivity contribution in [3.63, 3.8) is 0 Å². The Hall–Kier alpha value is -0.520. The minimum absolute atomic E-state index is 0.0372. The summed E-state index contributed by atoms with van der Waals surface area (Å²) < 4.78 is 10.4. The number of rotatable bonds is 2. The molecule has 10 heavy (non-hydrogen) atoms. The standard InChI is InChI=1S/C8H12O2/c1-2-6-9-8-5-3-4-7-10-8/h1,8H,3-7H2/t8-/m1/s1. The molecule has 0 radical (unpaired) electrons. The van der Waals surface area contributed by atoms with E-state index in [1.807, 2.05) is 0 Å². The van der Waals surface area contributed by atoms with Gasteiger partial charge in [-0.05, 0) is 19.3 Å². The van der Waals surface area contributed by atoms with Crippen molar-refractivity contribution in [2.24, 2.45) is 0 Å². The maximum Gasteiger partial charge on any atom is 0.158 e. The Labute approximate surface area is 61.5 Å². The van der Waals surface area contributed by atoms with E-state index in [0.29, 0.717) is 6.61 Å². The maximum absolute atomic E-state index is 5.26. The lowest BCUT2D eigenvalue weighted by atomic mass is 10.2. The zero-order chi connectivity index (χ0) is 7.23. The van der Waals surface area contributed by atoms with E-state index in [-0.39, 0.29) is 6.29 Å². The van der Waals surface area contributed by atoms with Gasteiger partial charge in [-0.15, -0.1) is 6.42 Å². The number of hydrogen-bond donors (Lipinski definition) is 0. The minimum atomic E-state index is -0.0372. The molecule has 1 saturated heterocycles. The Morgan fingerprint density at radius 1 is 1.60 bits per heavy atom. The molecule has 1 aliphatic heterocycles. The summed E-state index contributed by atoms with van der Waals surface area (Å²) in [5, 5.41) is 0. The number of ether oxygens (including phenoxy) is 2. The first-order chi connectivity index (χ1) is 4.93. The van der Waals surface area contributed by atoms with Crippen LogP contribution in [-0.4, -0.2) is 19.5 Å². The van der Waals surface area contributed by atoms with Gasteiger partial charge in [0.2, 0.25) is 0 Å². The van der Waals surface area contributed by atoms with Crippen LogP contribution in [0.1, 0.15) is 19.3 Å². The molecule has 1 fully saturated rings. The first kappa shape index (κ1) is 7.59. The Kier molecular flexibility index (Phi) is 3.28. The molecule has 2 nitrogen and oxygen atoms in total. The van der Waals surface area contributed by atoms with Gasteiger partial charge in [-0.1, -0.05) is 5.92 Å². The summed E-state index contributed by atoms with van der Waals surface area (Å²) in [5.41, 5.74) is 0. The maximum atomic E-state index is 5.26. The van der Waals surface area contributed by atoms with Crippen molar-refractivity contribution in [1.29, 1.82) is 0 Å². The normalized spacial score (nSPS) is 25.7. The van der Waals surface area contributed by atoms with Crippen LogP contribution in [0.5, 0.6) is 0 Å². The van der Waals surface area contributed by atoms with Crippen molar-refractivity contribution < 1.29 is 9.47 Å². The van der Waals surface area contributed by atoms with Gasteiger partial charge in [0.25, 0.3) is 0 Å². The molecule has 0 unspecified atom stereocenters. The summed E-state index contributed by atoms with van der Waals surface area (Å²) in [5.74, 6) is 2.41. The molecule has 0 aliphatic carbocycles.